The molecule has 2 nitrogen and oxygen atoms in total. The Balaban J connectivity index is 1.92. The van der Waals surface area contributed by atoms with Gasteiger partial charge in [0.2, 0.25) is 0 Å². The van der Waals surface area contributed by atoms with Crippen molar-refractivity contribution in [3.63, 3.8) is 0 Å². The molecule has 0 saturated carbocycles. The van der Waals surface area contributed by atoms with E-state index in [1.54, 1.807) is 6.07 Å². The molecule has 1 aromatic heterocycles. The third-order valence-electron chi connectivity index (χ3n) is 4.06. The van der Waals surface area contributed by atoms with E-state index >= 15 is 0 Å². The molecule has 4 rings (SSSR count). The van der Waals surface area contributed by atoms with Gasteiger partial charge in [0.25, 0.3) is 0 Å². The molecule has 0 saturated heterocycles. The summed E-state index contributed by atoms with van der Waals surface area (Å²) in [6.45, 7) is 0.703. The number of hydrogen-bond donors (Lipinski definition) is 0. The summed E-state index contributed by atoms with van der Waals surface area (Å²) in [5.41, 5.74) is 4.07. The molecule has 4 aromatic rings. The SMILES string of the molecule is Clc1ccc(-c2nc3ccccc3n2Cc2cccc(Br)c2)c(Cl)c1. The second-order valence-electron chi connectivity index (χ2n) is 5.76. The minimum absolute atomic E-state index is 0.596. The van der Waals surface area contributed by atoms with Gasteiger partial charge in [-0.05, 0) is 48.0 Å². The molecule has 25 heavy (non-hydrogen) atoms. The Bertz CT molecular complexity index is 1070. The summed E-state index contributed by atoms with van der Waals surface area (Å²) in [6, 6.07) is 21.9. The van der Waals surface area contributed by atoms with Crippen LogP contribution in [0.3, 0.4) is 0 Å². The van der Waals surface area contributed by atoms with E-state index in [-0.39, 0.29) is 0 Å². The first kappa shape index (κ1) is 16.6. The van der Waals surface area contributed by atoms with Gasteiger partial charge in [0.1, 0.15) is 5.82 Å². The Morgan fingerprint density at radius 3 is 2.56 bits per heavy atom. The molecule has 0 radical (unpaired) electrons. The lowest BCUT2D eigenvalue weighted by Crippen LogP contribution is -2.02. The Morgan fingerprint density at radius 2 is 1.76 bits per heavy atom. The minimum Gasteiger partial charge on any atom is -0.319 e. The molecule has 1 heterocycles. The minimum atomic E-state index is 0.596. The Morgan fingerprint density at radius 1 is 0.920 bits per heavy atom. The number of hydrogen-bond acceptors (Lipinski definition) is 1. The molecule has 0 N–H and O–H groups in total. The van der Waals surface area contributed by atoms with Gasteiger partial charge in [-0.25, -0.2) is 4.98 Å². The van der Waals surface area contributed by atoms with E-state index in [4.69, 9.17) is 28.2 Å². The van der Waals surface area contributed by atoms with Gasteiger partial charge in [-0.2, -0.15) is 0 Å². The van der Waals surface area contributed by atoms with Crippen LogP contribution in [0.4, 0.5) is 0 Å². The highest BCUT2D eigenvalue weighted by Crippen LogP contribution is 2.32. The van der Waals surface area contributed by atoms with Crippen molar-refractivity contribution >= 4 is 50.2 Å². The highest BCUT2D eigenvalue weighted by Gasteiger charge is 2.15. The molecule has 5 heteroatoms. The van der Waals surface area contributed by atoms with Crippen molar-refractivity contribution in [1.82, 2.24) is 9.55 Å². The van der Waals surface area contributed by atoms with E-state index in [0.717, 1.165) is 26.9 Å². The number of aromatic nitrogens is 2. The molecule has 0 aliphatic carbocycles. The molecule has 0 fully saturated rings. The zero-order chi connectivity index (χ0) is 17.4. The van der Waals surface area contributed by atoms with Crippen LogP contribution in [-0.4, -0.2) is 9.55 Å². The normalized spacial score (nSPS) is 11.2. The van der Waals surface area contributed by atoms with Crippen LogP contribution in [0.25, 0.3) is 22.4 Å². The van der Waals surface area contributed by atoms with E-state index in [1.807, 2.05) is 42.5 Å². The molecule has 124 valence electrons. The van der Waals surface area contributed by atoms with E-state index in [1.165, 1.54) is 5.56 Å². The summed E-state index contributed by atoms with van der Waals surface area (Å²) < 4.78 is 3.24. The smallest absolute Gasteiger partial charge is 0.142 e. The molecular formula is C20H13BrCl2N2. The fraction of sp³-hybridized carbons (Fsp3) is 0.0500. The first-order valence-electron chi connectivity index (χ1n) is 7.77. The molecule has 0 spiro atoms. The molecular weight excluding hydrogens is 419 g/mol. The maximum atomic E-state index is 6.45. The fourth-order valence-electron chi connectivity index (χ4n) is 2.93. The van der Waals surface area contributed by atoms with Gasteiger partial charge < -0.3 is 4.57 Å². The van der Waals surface area contributed by atoms with Crippen LogP contribution in [0, 0.1) is 0 Å². The second-order valence-corrected chi connectivity index (χ2v) is 7.52. The lowest BCUT2D eigenvalue weighted by atomic mass is 10.2. The standard InChI is InChI=1S/C20H13BrCl2N2/c21-14-5-3-4-13(10-14)12-25-19-7-2-1-6-18(19)24-20(25)16-9-8-15(22)11-17(16)23/h1-11H,12H2. The summed E-state index contributed by atoms with van der Waals surface area (Å²) in [5.74, 6) is 0.836. The number of halogens is 3. The monoisotopic (exact) mass is 430 g/mol. The summed E-state index contributed by atoms with van der Waals surface area (Å²) in [7, 11) is 0. The Labute approximate surface area is 164 Å². The molecule has 0 unspecified atom stereocenters. The van der Waals surface area contributed by atoms with E-state index in [2.05, 4.69) is 38.7 Å². The van der Waals surface area contributed by atoms with Crippen LogP contribution < -0.4 is 0 Å². The summed E-state index contributed by atoms with van der Waals surface area (Å²) >= 11 is 16.0. The van der Waals surface area contributed by atoms with Gasteiger partial charge in [-0.1, -0.05) is 63.4 Å². The van der Waals surface area contributed by atoms with Crippen molar-refractivity contribution < 1.29 is 0 Å². The quantitative estimate of drug-likeness (QED) is 0.348. The van der Waals surface area contributed by atoms with Crippen LogP contribution in [0.1, 0.15) is 5.56 Å². The predicted octanol–water partition coefficient (Wildman–Crippen LogP) is 6.82. The topological polar surface area (TPSA) is 17.8 Å². The van der Waals surface area contributed by atoms with Crippen LogP contribution in [-0.2, 0) is 6.54 Å². The van der Waals surface area contributed by atoms with Gasteiger partial charge in [0.05, 0.1) is 16.1 Å². The zero-order valence-corrected chi connectivity index (χ0v) is 16.2. The molecule has 0 aliphatic rings. The van der Waals surface area contributed by atoms with Crippen LogP contribution in [0.2, 0.25) is 10.0 Å². The molecule has 3 aromatic carbocycles. The van der Waals surface area contributed by atoms with Crippen LogP contribution in [0.15, 0.2) is 71.2 Å². The second kappa shape index (κ2) is 6.83. The molecule has 0 amide bonds. The van der Waals surface area contributed by atoms with Crippen molar-refractivity contribution in [2.75, 3.05) is 0 Å². The maximum Gasteiger partial charge on any atom is 0.142 e. The lowest BCUT2D eigenvalue weighted by molar-refractivity contribution is 0.834. The van der Waals surface area contributed by atoms with Crippen molar-refractivity contribution in [3.05, 3.63) is 86.8 Å². The third-order valence-corrected chi connectivity index (χ3v) is 5.10. The van der Waals surface area contributed by atoms with E-state index < -0.39 is 0 Å². The number of para-hydroxylation sites is 2. The van der Waals surface area contributed by atoms with Crippen molar-refractivity contribution in [2.24, 2.45) is 0 Å². The molecule has 0 atom stereocenters. The average molecular weight is 432 g/mol. The highest BCUT2D eigenvalue weighted by molar-refractivity contribution is 9.10. The van der Waals surface area contributed by atoms with Gasteiger partial charge >= 0.3 is 0 Å². The van der Waals surface area contributed by atoms with Crippen molar-refractivity contribution in [3.8, 4) is 11.4 Å². The highest BCUT2D eigenvalue weighted by atomic mass is 79.9. The number of nitrogens with zero attached hydrogens (tertiary/aromatic N) is 2. The fourth-order valence-corrected chi connectivity index (χ4v) is 3.87. The van der Waals surface area contributed by atoms with Gasteiger partial charge in [-0.15, -0.1) is 0 Å². The Kier molecular flexibility index (Phi) is 4.55. The summed E-state index contributed by atoms with van der Waals surface area (Å²) in [4.78, 5) is 4.82. The molecule has 0 aliphatic heterocycles. The average Bonchev–Trinajstić information content (AvgIpc) is 2.93. The zero-order valence-electron chi connectivity index (χ0n) is 13.1. The van der Waals surface area contributed by atoms with Crippen LogP contribution in [0.5, 0.6) is 0 Å². The number of fused-ring (bicyclic) bond motifs is 1. The largest absolute Gasteiger partial charge is 0.319 e. The number of benzene rings is 3. The van der Waals surface area contributed by atoms with Crippen LogP contribution >= 0.6 is 39.1 Å². The lowest BCUT2D eigenvalue weighted by Gasteiger charge is -2.11. The van der Waals surface area contributed by atoms with Gasteiger partial charge in [0, 0.05) is 21.6 Å². The van der Waals surface area contributed by atoms with E-state index in [9.17, 15) is 0 Å². The maximum absolute atomic E-state index is 6.45. The van der Waals surface area contributed by atoms with Gasteiger partial charge in [-0.3, -0.25) is 0 Å². The van der Waals surface area contributed by atoms with E-state index in [0.29, 0.717) is 16.6 Å². The summed E-state index contributed by atoms with van der Waals surface area (Å²) in [6.07, 6.45) is 0. The first-order valence-corrected chi connectivity index (χ1v) is 9.32. The molecule has 0 bridgehead atoms. The van der Waals surface area contributed by atoms with Crippen molar-refractivity contribution in [1.29, 1.82) is 0 Å². The number of imidazole rings is 1. The Hall–Kier alpha value is -1.81. The third kappa shape index (κ3) is 3.32. The van der Waals surface area contributed by atoms with Crippen molar-refractivity contribution in [2.45, 2.75) is 6.54 Å². The number of rotatable bonds is 3. The predicted molar refractivity (Wildman–Crippen MR) is 108 cm³/mol. The first-order chi connectivity index (χ1) is 12.1. The summed E-state index contributed by atoms with van der Waals surface area (Å²) in [5, 5.41) is 1.21. The van der Waals surface area contributed by atoms with Gasteiger partial charge in [0.15, 0.2) is 0 Å².